The Hall–Kier alpha value is -1.11. The van der Waals surface area contributed by atoms with E-state index in [0.717, 1.165) is 16.9 Å². The van der Waals surface area contributed by atoms with Gasteiger partial charge < -0.3 is 9.84 Å². The van der Waals surface area contributed by atoms with Gasteiger partial charge in [0.25, 0.3) is 0 Å². The van der Waals surface area contributed by atoms with Gasteiger partial charge in [-0.15, -0.1) is 0 Å². The van der Waals surface area contributed by atoms with Crippen LogP contribution in [0.1, 0.15) is 17.5 Å². The molecular weight excluding hydrogens is 302 g/mol. The van der Waals surface area contributed by atoms with E-state index in [0.29, 0.717) is 13.0 Å². The van der Waals surface area contributed by atoms with Gasteiger partial charge in [0, 0.05) is 12.6 Å². The summed E-state index contributed by atoms with van der Waals surface area (Å²) in [6, 6.07) is 5.94. The van der Waals surface area contributed by atoms with Crippen LogP contribution in [0.4, 0.5) is 0 Å². The number of aliphatic hydroxyl groups is 1. The molecule has 2 atom stereocenters. The van der Waals surface area contributed by atoms with Crippen LogP contribution in [-0.2, 0) is 9.84 Å². The molecule has 0 amide bonds. The Morgan fingerprint density at radius 1 is 1.32 bits per heavy atom. The Kier molecular flexibility index (Phi) is 5.47. The fourth-order valence-corrected chi connectivity index (χ4v) is 4.67. The maximum Gasteiger partial charge on any atom is 0.151 e. The number of aliphatic hydroxyl groups excluding tert-OH is 1. The second-order valence-electron chi connectivity index (χ2n) is 6.28. The maximum atomic E-state index is 11.5. The van der Waals surface area contributed by atoms with E-state index in [1.165, 1.54) is 0 Å². The molecule has 2 unspecified atom stereocenters. The van der Waals surface area contributed by atoms with E-state index in [9.17, 15) is 13.5 Å². The number of nitrogens with zero attached hydrogens (tertiary/aromatic N) is 1. The van der Waals surface area contributed by atoms with E-state index < -0.39 is 15.9 Å². The summed E-state index contributed by atoms with van der Waals surface area (Å²) in [7, 11) is -1.04. The van der Waals surface area contributed by atoms with Crippen molar-refractivity contribution in [3.63, 3.8) is 0 Å². The van der Waals surface area contributed by atoms with Crippen molar-refractivity contribution in [1.82, 2.24) is 4.90 Å². The molecule has 1 heterocycles. The number of hydrogen-bond acceptors (Lipinski definition) is 5. The van der Waals surface area contributed by atoms with E-state index in [1.807, 2.05) is 37.9 Å². The van der Waals surface area contributed by atoms with Crippen LogP contribution >= 0.6 is 0 Å². The van der Waals surface area contributed by atoms with E-state index in [1.54, 1.807) is 0 Å². The van der Waals surface area contributed by atoms with Crippen LogP contribution in [0, 0.1) is 13.8 Å². The Balaban J connectivity index is 1.81. The highest BCUT2D eigenvalue weighted by Crippen LogP contribution is 2.18. The number of likely N-dealkylation sites (N-methyl/N-ethyl adjacent to an activating group) is 1. The molecule has 1 saturated heterocycles. The number of hydrogen-bond donors (Lipinski definition) is 1. The maximum absolute atomic E-state index is 11.5. The van der Waals surface area contributed by atoms with Crippen molar-refractivity contribution in [2.75, 3.05) is 31.7 Å². The van der Waals surface area contributed by atoms with Gasteiger partial charge in [-0.25, -0.2) is 8.42 Å². The summed E-state index contributed by atoms with van der Waals surface area (Å²) in [5.41, 5.74) is 2.25. The average molecular weight is 327 g/mol. The Morgan fingerprint density at radius 3 is 2.50 bits per heavy atom. The first kappa shape index (κ1) is 17.2. The standard InChI is InChI=1S/C16H25NO4S/c1-12-6-13(2)8-16(7-12)21-10-15(18)9-17(3)14-4-5-22(19,20)11-14/h6-8,14-15,18H,4-5,9-11H2,1-3H3. The van der Waals surface area contributed by atoms with E-state index in [2.05, 4.69) is 6.07 Å². The number of rotatable bonds is 6. The number of benzene rings is 1. The molecule has 0 radical (unpaired) electrons. The van der Waals surface area contributed by atoms with E-state index >= 15 is 0 Å². The number of aryl methyl sites for hydroxylation is 2. The van der Waals surface area contributed by atoms with Crippen LogP contribution in [-0.4, -0.2) is 62.3 Å². The molecule has 1 N–H and O–H groups in total. The minimum atomic E-state index is -2.90. The molecule has 1 aliphatic rings. The van der Waals surface area contributed by atoms with Crippen LogP contribution in [0.3, 0.4) is 0 Å². The van der Waals surface area contributed by atoms with Crippen molar-refractivity contribution in [2.45, 2.75) is 32.4 Å². The molecule has 1 aromatic rings. The highest BCUT2D eigenvalue weighted by Gasteiger charge is 2.31. The molecule has 0 aliphatic carbocycles. The SMILES string of the molecule is Cc1cc(C)cc(OCC(O)CN(C)C2CCS(=O)(=O)C2)c1. The van der Waals surface area contributed by atoms with Crippen LogP contribution in [0.25, 0.3) is 0 Å². The zero-order valence-electron chi connectivity index (χ0n) is 13.4. The summed E-state index contributed by atoms with van der Waals surface area (Å²) in [6.07, 6.45) is -0.00198. The van der Waals surface area contributed by atoms with Gasteiger partial charge in [-0.05, 0) is 50.6 Å². The van der Waals surface area contributed by atoms with E-state index in [4.69, 9.17) is 4.74 Å². The summed E-state index contributed by atoms with van der Waals surface area (Å²) < 4.78 is 28.6. The predicted molar refractivity (Wildman–Crippen MR) is 87.1 cm³/mol. The molecule has 22 heavy (non-hydrogen) atoms. The largest absolute Gasteiger partial charge is 0.491 e. The Bertz CT molecular complexity index is 594. The van der Waals surface area contributed by atoms with Gasteiger partial charge >= 0.3 is 0 Å². The molecular formula is C16H25NO4S. The van der Waals surface area contributed by atoms with Gasteiger partial charge in [0.2, 0.25) is 0 Å². The summed E-state index contributed by atoms with van der Waals surface area (Å²) in [5.74, 6) is 1.19. The number of ether oxygens (including phenoxy) is 1. The van der Waals surface area contributed by atoms with Crippen molar-refractivity contribution in [3.8, 4) is 5.75 Å². The lowest BCUT2D eigenvalue weighted by molar-refractivity contribution is 0.0663. The minimum absolute atomic E-state index is 0.000800. The summed E-state index contributed by atoms with van der Waals surface area (Å²) >= 11 is 0. The Morgan fingerprint density at radius 2 is 1.95 bits per heavy atom. The monoisotopic (exact) mass is 327 g/mol. The lowest BCUT2D eigenvalue weighted by Crippen LogP contribution is -2.40. The van der Waals surface area contributed by atoms with Gasteiger partial charge in [-0.2, -0.15) is 0 Å². The fraction of sp³-hybridized carbons (Fsp3) is 0.625. The first-order valence-corrected chi connectivity index (χ1v) is 9.37. The third-order valence-corrected chi connectivity index (χ3v) is 5.72. The topological polar surface area (TPSA) is 66.8 Å². The van der Waals surface area contributed by atoms with Crippen LogP contribution < -0.4 is 4.74 Å². The molecule has 5 nitrogen and oxygen atoms in total. The van der Waals surface area contributed by atoms with Gasteiger partial charge in [-0.3, -0.25) is 4.90 Å². The molecule has 1 aliphatic heterocycles. The minimum Gasteiger partial charge on any atom is -0.491 e. The average Bonchev–Trinajstić information content (AvgIpc) is 2.76. The highest BCUT2D eigenvalue weighted by molar-refractivity contribution is 7.91. The van der Waals surface area contributed by atoms with Crippen LogP contribution in [0.2, 0.25) is 0 Å². The van der Waals surface area contributed by atoms with Crippen molar-refractivity contribution in [2.24, 2.45) is 0 Å². The molecule has 1 aromatic carbocycles. The third kappa shape index (κ3) is 4.97. The second-order valence-corrected chi connectivity index (χ2v) is 8.51. The molecule has 0 bridgehead atoms. The third-order valence-electron chi connectivity index (χ3n) is 3.97. The quantitative estimate of drug-likeness (QED) is 0.849. The lowest BCUT2D eigenvalue weighted by Gasteiger charge is -2.25. The van der Waals surface area contributed by atoms with Crippen LogP contribution in [0.15, 0.2) is 18.2 Å². The molecule has 0 saturated carbocycles. The van der Waals surface area contributed by atoms with Crippen molar-refractivity contribution < 1.29 is 18.3 Å². The summed E-state index contributed by atoms with van der Waals surface area (Å²) in [5, 5.41) is 10.1. The fourth-order valence-electron chi connectivity index (χ4n) is 2.87. The molecule has 2 rings (SSSR count). The second kappa shape index (κ2) is 6.98. The summed E-state index contributed by atoms with van der Waals surface area (Å²) in [4.78, 5) is 1.92. The van der Waals surface area contributed by atoms with Crippen molar-refractivity contribution >= 4 is 9.84 Å². The first-order chi connectivity index (χ1) is 10.2. The normalized spacial score (nSPS) is 22.0. The molecule has 1 fully saturated rings. The smallest absolute Gasteiger partial charge is 0.151 e. The highest BCUT2D eigenvalue weighted by atomic mass is 32.2. The zero-order valence-corrected chi connectivity index (χ0v) is 14.3. The van der Waals surface area contributed by atoms with Crippen molar-refractivity contribution in [3.05, 3.63) is 29.3 Å². The van der Waals surface area contributed by atoms with Gasteiger partial charge in [0.1, 0.15) is 18.5 Å². The molecule has 124 valence electrons. The predicted octanol–water partition coefficient (Wildman–Crippen LogP) is 1.16. The molecule has 0 aromatic heterocycles. The Labute approximate surface area is 132 Å². The summed E-state index contributed by atoms with van der Waals surface area (Å²) in [6.45, 7) is 4.62. The van der Waals surface area contributed by atoms with Gasteiger partial charge in [0.05, 0.1) is 11.5 Å². The first-order valence-electron chi connectivity index (χ1n) is 7.55. The molecule has 0 spiro atoms. The van der Waals surface area contributed by atoms with Gasteiger partial charge in [-0.1, -0.05) is 6.07 Å². The number of sulfone groups is 1. The van der Waals surface area contributed by atoms with E-state index in [-0.39, 0.29) is 24.2 Å². The lowest BCUT2D eigenvalue weighted by atomic mass is 10.1. The van der Waals surface area contributed by atoms with Crippen molar-refractivity contribution in [1.29, 1.82) is 0 Å². The van der Waals surface area contributed by atoms with Gasteiger partial charge in [0.15, 0.2) is 9.84 Å². The van der Waals surface area contributed by atoms with Crippen LogP contribution in [0.5, 0.6) is 5.75 Å². The zero-order chi connectivity index (χ0) is 16.3. The molecule has 6 heteroatoms.